The van der Waals surface area contributed by atoms with Gasteiger partial charge in [0.25, 0.3) is 5.91 Å². The van der Waals surface area contributed by atoms with Gasteiger partial charge >= 0.3 is 0 Å². The number of aromatic nitrogens is 3. The van der Waals surface area contributed by atoms with E-state index in [1.165, 1.54) is 28.1 Å². The van der Waals surface area contributed by atoms with E-state index in [0.717, 1.165) is 40.2 Å². The number of anilines is 1. The second-order valence-electron chi connectivity index (χ2n) is 7.59. The van der Waals surface area contributed by atoms with Crippen molar-refractivity contribution in [1.29, 1.82) is 0 Å². The summed E-state index contributed by atoms with van der Waals surface area (Å²) in [7, 11) is 0. The SMILES string of the molecule is CCn1cc(-c2csc(NC(=O)c3cc(COc4ccc5ccccc5c4)cs3)n2)c(C)n1. The molecule has 0 aliphatic carbocycles. The molecule has 5 aromatic rings. The summed E-state index contributed by atoms with van der Waals surface area (Å²) in [6, 6.07) is 16.1. The molecule has 1 amide bonds. The number of benzene rings is 2. The van der Waals surface area contributed by atoms with Crippen molar-refractivity contribution in [3.63, 3.8) is 0 Å². The van der Waals surface area contributed by atoms with E-state index in [4.69, 9.17) is 4.74 Å². The first-order valence-corrected chi connectivity index (χ1v) is 12.4. The fourth-order valence-electron chi connectivity index (χ4n) is 3.54. The lowest BCUT2D eigenvalue weighted by molar-refractivity contribution is 0.103. The van der Waals surface area contributed by atoms with E-state index in [1.807, 2.05) is 71.9 Å². The van der Waals surface area contributed by atoms with E-state index in [1.54, 1.807) is 0 Å². The highest BCUT2D eigenvalue weighted by Crippen LogP contribution is 2.28. The topological polar surface area (TPSA) is 69.0 Å². The molecule has 0 aliphatic rings. The predicted molar refractivity (Wildman–Crippen MR) is 134 cm³/mol. The molecule has 0 fully saturated rings. The van der Waals surface area contributed by atoms with E-state index in [0.29, 0.717) is 16.6 Å². The first kappa shape index (κ1) is 21.4. The average molecular weight is 475 g/mol. The number of carbonyl (C=O) groups is 1. The lowest BCUT2D eigenvalue weighted by Gasteiger charge is -2.06. The van der Waals surface area contributed by atoms with E-state index in [-0.39, 0.29) is 5.91 Å². The Labute approximate surface area is 199 Å². The van der Waals surface area contributed by atoms with Gasteiger partial charge in [0.15, 0.2) is 5.13 Å². The maximum Gasteiger partial charge on any atom is 0.267 e. The largest absolute Gasteiger partial charge is 0.489 e. The Balaban J connectivity index is 1.22. The summed E-state index contributed by atoms with van der Waals surface area (Å²) in [5.41, 5.74) is 3.69. The number of fused-ring (bicyclic) bond motifs is 1. The number of carbonyl (C=O) groups excluding carboxylic acids is 1. The minimum absolute atomic E-state index is 0.168. The third-order valence-corrected chi connectivity index (χ3v) is 7.01. The van der Waals surface area contributed by atoms with Crippen molar-refractivity contribution in [2.45, 2.75) is 27.0 Å². The number of amides is 1. The highest BCUT2D eigenvalue weighted by molar-refractivity contribution is 7.14. The molecule has 0 spiro atoms. The van der Waals surface area contributed by atoms with Crippen LogP contribution in [0, 0.1) is 6.92 Å². The van der Waals surface area contributed by atoms with Gasteiger partial charge in [-0.05, 0) is 48.2 Å². The minimum Gasteiger partial charge on any atom is -0.489 e. The lowest BCUT2D eigenvalue weighted by Crippen LogP contribution is -2.09. The molecule has 3 aromatic heterocycles. The van der Waals surface area contributed by atoms with Gasteiger partial charge in [-0.2, -0.15) is 5.10 Å². The van der Waals surface area contributed by atoms with Crippen LogP contribution in [-0.2, 0) is 13.2 Å². The normalized spacial score (nSPS) is 11.1. The van der Waals surface area contributed by atoms with Crippen molar-refractivity contribution in [2.24, 2.45) is 0 Å². The van der Waals surface area contributed by atoms with Crippen LogP contribution >= 0.6 is 22.7 Å². The fraction of sp³-hybridized carbons (Fsp3) is 0.160. The molecule has 3 heterocycles. The lowest BCUT2D eigenvalue weighted by atomic mass is 10.1. The van der Waals surface area contributed by atoms with Crippen molar-refractivity contribution in [3.8, 4) is 17.0 Å². The molecule has 0 saturated carbocycles. The third kappa shape index (κ3) is 4.67. The van der Waals surface area contributed by atoms with Crippen LogP contribution < -0.4 is 10.1 Å². The molecule has 0 radical (unpaired) electrons. The zero-order valence-electron chi connectivity index (χ0n) is 18.2. The molecule has 0 bridgehead atoms. The third-order valence-electron chi connectivity index (χ3n) is 5.27. The summed E-state index contributed by atoms with van der Waals surface area (Å²) in [6.45, 7) is 5.22. The van der Waals surface area contributed by atoms with E-state index in [2.05, 4.69) is 27.5 Å². The number of ether oxygens (including phenoxy) is 1. The summed E-state index contributed by atoms with van der Waals surface area (Å²) in [6.07, 6.45) is 1.98. The van der Waals surface area contributed by atoms with Crippen LogP contribution in [0.1, 0.15) is 27.9 Å². The molecule has 0 unspecified atom stereocenters. The molecule has 33 heavy (non-hydrogen) atoms. The van der Waals surface area contributed by atoms with Crippen LogP contribution in [0.3, 0.4) is 0 Å². The van der Waals surface area contributed by atoms with Gasteiger partial charge in [0.05, 0.1) is 16.3 Å². The maximum absolute atomic E-state index is 12.7. The van der Waals surface area contributed by atoms with Crippen LogP contribution in [-0.4, -0.2) is 20.7 Å². The Morgan fingerprint density at radius 1 is 1.09 bits per heavy atom. The smallest absolute Gasteiger partial charge is 0.267 e. The summed E-state index contributed by atoms with van der Waals surface area (Å²) in [5, 5.41) is 14.2. The van der Waals surface area contributed by atoms with E-state index < -0.39 is 0 Å². The molecule has 6 nitrogen and oxygen atoms in total. The summed E-state index contributed by atoms with van der Waals surface area (Å²) >= 11 is 2.81. The molecule has 0 aliphatic heterocycles. The van der Waals surface area contributed by atoms with Crippen LogP contribution in [0.15, 0.2) is 65.5 Å². The van der Waals surface area contributed by atoms with Gasteiger partial charge in [-0.15, -0.1) is 22.7 Å². The van der Waals surface area contributed by atoms with Crippen LogP contribution in [0.2, 0.25) is 0 Å². The number of aryl methyl sites for hydroxylation is 2. The van der Waals surface area contributed by atoms with E-state index in [9.17, 15) is 4.79 Å². The molecule has 8 heteroatoms. The van der Waals surface area contributed by atoms with Crippen LogP contribution in [0.25, 0.3) is 22.0 Å². The van der Waals surface area contributed by atoms with Gasteiger partial charge in [-0.3, -0.25) is 14.8 Å². The highest BCUT2D eigenvalue weighted by atomic mass is 32.1. The Hall–Kier alpha value is -3.49. The number of nitrogens with one attached hydrogen (secondary N) is 1. The van der Waals surface area contributed by atoms with Crippen molar-refractivity contribution in [3.05, 3.63) is 81.6 Å². The Morgan fingerprint density at radius 3 is 2.76 bits per heavy atom. The number of hydrogen-bond acceptors (Lipinski definition) is 6. The summed E-state index contributed by atoms with van der Waals surface area (Å²) in [4.78, 5) is 17.9. The summed E-state index contributed by atoms with van der Waals surface area (Å²) < 4.78 is 7.83. The summed E-state index contributed by atoms with van der Waals surface area (Å²) in [5.74, 6) is 0.640. The molecular formula is C25H22N4O2S2. The molecular weight excluding hydrogens is 452 g/mol. The Kier molecular flexibility index (Phi) is 5.93. The van der Waals surface area contributed by atoms with Crippen LogP contribution in [0.5, 0.6) is 5.75 Å². The second kappa shape index (κ2) is 9.17. The molecule has 166 valence electrons. The van der Waals surface area contributed by atoms with E-state index >= 15 is 0 Å². The van der Waals surface area contributed by atoms with Crippen molar-refractivity contribution in [1.82, 2.24) is 14.8 Å². The Bertz CT molecular complexity index is 1430. The highest BCUT2D eigenvalue weighted by Gasteiger charge is 2.15. The van der Waals surface area contributed by atoms with Crippen LogP contribution in [0.4, 0.5) is 5.13 Å². The number of hydrogen-bond donors (Lipinski definition) is 1. The van der Waals surface area contributed by atoms with Gasteiger partial charge in [0, 0.05) is 29.2 Å². The Morgan fingerprint density at radius 2 is 1.94 bits per heavy atom. The molecule has 1 N–H and O–H groups in total. The van der Waals surface area contributed by atoms with Gasteiger partial charge in [0.2, 0.25) is 0 Å². The second-order valence-corrected chi connectivity index (χ2v) is 9.36. The average Bonchev–Trinajstić information content (AvgIpc) is 3.57. The minimum atomic E-state index is -0.168. The van der Waals surface area contributed by atoms with Gasteiger partial charge in [-0.1, -0.05) is 30.3 Å². The van der Waals surface area contributed by atoms with Gasteiger partial charge < -0.3 is 4.74 Å². The molecule has 0 saturated heterocycles. The monoisotopic (exact) mass is 474 g/mol. The first-order chi connectivity index (χ1) is 16.1. The molecule has 0 atom stereocenters. The quantitative estimate of drug-likeness (QED) is 0.297. The molecule has 2 aromatic carbocycles. The zero-order chi connectivity index (χ0) is 22.8. The van der Waals surface area contributed by atoms with Gasteiger partial charge in [0.1, 0.15) is 12.4 Å². The number of rotatable bonds is 7. The maximum atomic E-state index is 12.7. The van der Waals surface area contributed by atoms with Gasteiger partial charge in [-0.25, -0.2) is 4.98 Å². The van der Waals surface area contributed by atoms with Crippen molar-refractivity contribution in [2.75, 3.05) is 5.32 Å². The number of nitrogens with zero attached hydrogens (tertiary/aromatic N) is 3. The zero-order valence-corrected chi connectivity index (χ0v) is 19.9. The standard InChI is InChI=1S/C25H22N4O2S2/c1-3-29-12-21(16(2)28-29)22-15-33-25(26-22)27-24(30)23-10-17(14-32-23)13-31-20-9-8-18-6-4-5-7-19(18)11-20/h4-12,14-15H,3,13H2,1-2H3,(H,26,27,30). The number of thiophene rings is 1. The van der Waals surface area contributed by atoms with Crippen molar-refractivity contribution >= 4 is 44.5 Å². The molecule has 5 rings (SSSR count). The number of thiazole rings is 1. The van der Waals surface area contributed by atoms with Crippen molar-refractivity contribution < 1.29 is 9.53 Å². The first-order valence-electron chi connectivity index (χ1n) is 10.6. The fourth-order valence-corrected chi connectivity index (χ4v) is 5.04. The predicted octanol–water partition coefficient (Wildman–Crippen LogP) is 6.38.